The summed E-state index contributed by atoms with van der Waals surface area (Å²) in [7, 11) is 1.57. The van der Waals surface area contributed by atoms with Gasteiger partial charge in [-0.2, -0.15) is 0 Å². The molecule has 3 aliphatic rings. The maximum Gasteiger partial charge on any atom is 0.306 e. The van der Waals surface area contributed by atoms with Gasteiger partial charge < -0.3 is 14.6 Å². The summed E-state index contributed by atoms with van der Waals surface area (Å²) in [5.74, 6) is -0.328. The van der Waals surface area contributed by atoms with E-state index in [0.717, 1.165) is 48.9 Å². The van der Waals surface area contributed by atoms with E-state index in [9.17, 15) is 23.9 Å². The van der Waals surface area contributed by atoms with Crippen molar-refractivity contribution in [2.75, 3.05) is 26.8 Å². The fraction of sp³-hybridized carbons (Fsp3) is 0.516. The molecule has 220 valence electrons. The summed E-state index contributed by atoms with van der Waals surface area (Å²) in [6.07, 6.45) is 5.22. The molecule has 1 aliphatic heterocycles. The molecule has 1 N–H and O–H groups in total. The van der Waals surface area contributed by atoms with Gasteiger partial charge in [-0.05, 0) is 85.4 Å². The van der Waals surface area contributed by atoms with Crippen LogP contribution in [0.1, 0.15) is 67.7 Å². The van der Waals surface area contributed by atoms with Crippen molar-refractivity contribution in [2.45, 2.75) is 64.0 Å². The van der Waals surface area contributed by atoms with E-state index >= 15 is 0 Å². The van der Waals surface area contributed by atoms with Crippen molar-refractivity contribution in [1.29, 1.82) is 0 Å². The molecule has 0 radical (unpaired) electrons. The number of rotatable bonds is 11. The van der Waals surface area contributed by atoms with E-state index in [4.69, 9.17) is 21.1 Å². The minimum Gasteiger partial charge on any atom is -0.493 e. The van der Waals surface area contributed by atoms with Crippen LogP contribution >= 0.6 is 11.6 Å². The third-order valence-electron chi connectivity index (χ3n) is 8.70. The predicted molar refractivity (Wildman–Crippen MR) is 150 cm³/mol. The van der Waals surface area contributed by atoms with Gasteiger partial charge in [0.2, 0.25) is 11.8 Å². The van der Waals surface area contributed by atoms with E-state index < -0.39 is 11.8 Å². The van der Waals surface area contributed by atoms with Gasteiger partial charge in [-0.1, -0.05) is 17.7 Å². The van der Waals surface area contributed by atoms with Crippen LogP contribution in [-0.2, 0) is 27.3 Å². The van der Waals surface area contributed by atoms with Crippen LogP contribution < -0.4 is 9.47 Å². The largest absolute Gasteiger partial charge is 0.493 e. The highest BCUT2D eigenvalue weighted by atomic mass is 35.5. The lowest BCUT2D eigenvalue weighted by atomic mass is 9.81. The first-order valence-electron chi connectivity index (χ1n) is 14.3. The van der Waals surface area contributed by atoms with Crippen molar-refractivity contribution in [2.24, 2.45) is 11.8 Å². The van der Waals surface area contributed by atoms with Crippen molar-refractivity contribution in [3.8, 4) is 11.5 Å². The molecule has 0 bridgehead atoms. The van der Waals surface area contributed by atoms with E-state index in [1.807, 2.05) is 18.2 Å². The molecule has 1 heterocycles. The third-order valence-corrected chi connectivity index (χ3v) is 8.99. The molecule has 2 aromatic rings. The number of carboxylic acid groups (broad SMARTS) is 1. The number of nitrogens with zero attached hydrogens (tertiary/aromatic N) is 2. The molecule has 1 unspecified atom stereocenters. The Balaban J connectivity index is 1.31. The van der Waals surface area contributed by atoms with Gasteiger partial charge in [0.25, 0.3) is 0 Å². The van der Waals surface area contributed by atoms with Crippen molar-refractivity contribution in [3.63, 3.8) is 0 Å². The summed E-state index contributed by atoms with van der Waals surface area (Å²) >= 11 is 6.08. The molecule has 1 saturated heterocycles. The quantitative estimate of drug-likeness (QED) is 0.352. The zero-order valence-corrected chi connectivity index (χ0v) is 24.0. The van der Waals surface area contributed by atoms with Crippen LogP contribution in [0.2, 0.25) is 5.02 Å². The Bertz CT molecular complexity index is 1300. The topological polar surface area (TPSA) is 96.4 Å². The van der Waals surface area contributed by atoms with Gasteiger partial charge >= 0.3 is 5.97 Å². The molecule has 1 atom stereocenters. The average molecular weight is 587 g/mol. The highest BCUT2D eigenvalue weighted by Gasteiger charge is 2.33. The number of amides is 2. The average Bonchev–Trinajstić information content (AvgIpc) is 3.51. The first-order chi connectivity index (χ1) is 19.7. The number of carbonyl (C=O) groups excluding carboxylic acids is 2. The molecule has 8 nitrogen and oxygen atoms in total. The number of carbonyl (C=O) groups is 3. The molecular formula is C31H36ClFN2O6. The van der Waals surface area contributed by atoms with E-state index in [1.54, 1.807) is 19.2 Å². The molecule has 2 amide bonds. The number of carboxylic acids is 1. The first-order valence-corrected chi connectivity index (χ1v) is 14.7. The number of halogens is 2. The highest BCUT2D eigenvalue weighted by Crippen LogP contribution is 2.41. The second-order valence-electron chi connectivity index (χ2n) is 11.3. The van der Waals surface area contributed by atoms with Gasteiger partial charge in [-0.25, -0.2) is 4.39 Å². The molecule has 10 heteroatoms. The second kappa shape index (κ2) is 12.8. The van der Waals surface area contributed by atoms with Crippen LogP contribution in [0.4, 0.5) is 4.39 Å². The number of hydrogen-bond donors (Lipinski definition) is 1. The second-order valence-corrected chi connectivity index (χ2v) is 11.7. The fourth-order valence-corrected chi connectivity index (χ4v) is 6.65. The summed E-state index contributed by atoms with van der Waals surface area (Å²) in [5.41, 5.74) is 3.03. The first kappa shape index (κ1) is 29.3. The third kappa shape index (κ3) is 6.67. The fourth-order valence-electron chi connectivity index (χ4n) is 6.47. The number of hydrogen-bond acceptors (Lipinski definition) is 6. The molecular weight excluding hydrogens is 551 g/mol. The Hall–Kier alpha value is -3.17. The lowest BCUT2D eigenvalue weighted by molar-refractivity contribution is -0.143. The SMILES string of the molecule is COc1cc(CN(C[C@H]2CC[C@H](C(=O)O)CC2)C2CCc3cc(Cl)c(F)cc32)ccc1OCCN1C(=O)CCC1=O. The summed E-state index contributed by atoms with van der Waals surface area (Å²) in [6, 6.07) is 9.05. The standard InChI is InChI=1S/C31H36ClFN2O6/c1-40-28-14-20(4-9-27(28)41-13-12-35-29(36)10-11-30(35)37)18-34(17-19-2-5-21(6-3-19)31(38)39)26-8-7-22-15-24(32)25(33)16-23(22)26/h4,9,14-16,19,21,26H,2-3,5-8,10-13,17-18H2,1H3,(H,38,39)/t19-,21-,26?. The zero-order chi connectivity index (χ0) is 29.1. The maximum absolute atomic E-state index is 14.5. The number of methoxy groups -OCH3 is 1. The monoisotopic (exact) mass is 586 g/mol. The van der Waals surface area contributed by atoms with E-state index in [2.05, 4.69) is 4.90 Å². The molecule has 2 aromatic carbocycles. The Morgan fingerprint density at radius 3 is 2.46 bits per heavy atom. The summed E-state index contributed by atoms with van der Waals surface area (Å²) < 4.78 is 26.0. The summed E-state index contributed by atoms with van der Waals surface area (Å²) in [6.45, 7) is 1.74. The van der Waals surface area contributed by atoms with Gasteiger partial charge in [0.1, 0.15) is 12.4 Å². The maximum atomic E-state index is 14.5. The van der Waals surface area contributed by atoms with Crippen LogP contribution in [-0.4, -0.2) is 59.5 Å². The van der Waals surface area contributed by atoms with Crippen molar-refractivity contribution in [1.82, 2.24) is 9.80 Å². The Kier molecular flexibility index (Phi) is 9.14. The van der Waals surface area contributed by atoms with Crippen molar-refractivity contribution < 1.29 is 33.4 Å². The normalized spacial score (nSPS) is 22.3. The molecule has 41 heavy (non-hydrogen) atoms. The Morgan fingerprint density at radius 1 is 1.05 bits per heavy atom. The molecule has 2 fully saturated rings. The lowest BCUT2D eigenvalue weighted by Crippen LogP contribution is -2.34. The molecule has 5 rings (SSSR count). The molecule has 0 aromatic heterocycles. The molecule has 1 saturated carbocycles. The van der Waals surface area contributed by atoms with Crippen molar-refractivity contribution >= 4 is 29.4 Å². The van der Waals surface area contributed by atoms with Gasteiger partial charge in [-0.15, -0.1) is 0 Å². The van der Waals surface area contributed by atoms with E-state index in [1.165, 1.54) is 4.90 Å². The number of fused-ring (bicyclic) bond motifs is 1. The minimum atomic E-state index is -0.717. The van der Waals surface area contributed by atoms with Crippen LogP contribution in [0, 0.1) is 17.7 Å². The number of aryl methyl sites for hydroxylation is 1. The van der Waals surface area contributed by atoms with Gasteiger partial charge in [0.05, 0.1) is 24.6 Å². The molecule has 0 spiro atoms. The van der Waals surface area contributed by atoms with Gasteiger partial charge in [-0.3, -0.25) is 24.2 Å². The number of ether oxygens (including phenoxy) is 2. The zero-order valence-electron chi connectivity index (χ0n) is 23.2. The van der Waals surface area contributed by atoms with Crippen LogP contribution in [0.5, 0.6) is 11.5 Å². The van der Waals surface area contributed by atoms with Crippen molar-refractivity contribution in [3.05, 3.63) is 57.9 Å². The van der Waals surface area contributed by atoms with Crippen LogP contribution in [0.25, 0.3) is 0 Å². The molecule has 2 aliphatic carbocycles. The number of benzene rings is 2. The van der Waals surface area contributed by atoms with Gasteiger partial charge in [0, 0.05) is 32.0 Å². The number of aliphatic carboxylic acids is 1. The minimum absolute atomic E-state index is 0.0198. The van der Waals surface area contributed by atoms with E-state index in [0.29, 0.717) is 36.8 Å². The Labute approximate surface area is 244 Å². The summed E-state index contributed by atoms with van der Waals surface area (Å²) in [5, 5.41) is 9.57. The lowest BCUT2D eigenvalue weighted by Gasteiger charge is -2.35. The Morgan fingerprint density at radius 2 is 1.78 bits per heavy atom. The van der Waals surface area contributed by atoms with Gasteiger partial charge in [0.15, 0.2) is 11.5 Å². The number of likely N-dealkylation sites (tertiary alicyclic amines) is 1. The van der Waals surface area contributed by atoms with E-state index in [-0.39, 0.29) is 54.8 Å². The van der Waals surface area contributed by atoms with Crippen LogP contribution in [0.15, 0.2) is 30.3 Å². The van der Waals surface area contributed by atoms with Crippen LogP contribution in [0.3, 0.4) is 0 Å². The summed E-state index contributed by atoms with van der Waals surface area (Å²) in [4.78, 5) is 38.8. The predicted octanol–water partition coefficient (Wildman–Crippen LogP) is 5.40. The highest BCUT2D eigenvalue weighted by molar-refractivity contribution is 6.30. The smallest absolute Gasteiger partial charge is 0.306 e. The number of imide groups is 1.